The van der Waals surface area contributed by atoms with Crippen LogP contribution >= 0.6 is 11.9 Å². The summed E-state index contributed by atoms with van der Waals surface area (Å²) < 4.78 is 7.98. The molecule has 98 valence electrons. The molecule has 4 heteroatoms. The maximum Gasteiger partial charge on any atom is 0.339 e. The zero-order valence-electron chi connectivity index (χ0n) is 10.8. The van der Waals surface area contributed by atoms with E-state index in [9.17, 15) is 4.79 Å². The van der Waals surface area contributed by atoms with Gasteiger partial charge in [0.05, 0.1) is 12.7 Å². The number of esters is 1. The Bertz CT molecular complexity index is 567. The molecule has 3 nitrogen and oxygen atoms in total. The third-order valence-electron chi connectivity index (χ3n) is 2.62. The maximum absolute atomic E-state index is 11.6. The molecule has 19 heavy (non-hydrogen) atoms. The Morgan fingerprint density at radius 1 is 1.11 bits per heavy atom. The molecule has 0 atom stereocenters. The minimum Gasteiger partial charge on any atom is -0.465 e. The first-order chi connectivity index (χ1) is 9.20. The van der Waals surface area contributed by atoms with Gasteiger partial charge >= 0.3 is 5.97 Å². The molecule has 0 saturated carbocycles. The highest BCUT2D eigenvalue weighted by Gasteiger charge is 2.11. The Hall–Kier alpha value is -1.94. The summed E-state index contributed by atoms with van der Waals surface area (Å²) in [5.74, 6) is -0.325. The molecule has 2 aromatic rings. The van der Waals surface area contributed by atoms with E-state index in [1.807, 2.05) is 49.4 Å². The molecule has 0 aromatic heterocycles. The first kappa shape index (κ1) is 13.5. The smallest absolute Gasteiger partial charge is 0.339 e. The average molecular weight is 273 g/mol. The summed E-state index contributed by atoms with van der Waals surface area (Å²) in [5, 5.41) is 0. The summed E-state index contributed by atoms with van der Waals surface area (Å²) in [6.07, 6.45) is 0. The van der Waals surface area contributed by atoms with E-state index in [1.54, 1.807) is 6.07 Å². The van der Waals surface area contributed by atoms with Crippen LogP contribution in [0.15, 0.2) is 53.4 Å². The van der Waals surface area contributed by atoms with Gasteiger partial charge < -0.3 is 9.46 Å². The monoisotopic (exact) mass is 273 g/mol. The number of ether oxygens (including phenoxy) is 1. The summed E-state index contributed by atoms with van der Waals surface area (Å²) in [7, 11) is 1.39. The van der Waals surface area contributed by atoms with Gasteiger partial charge in [0.1, 0.15) is 0 Å². The fraction of sp³-hybridized carbons (Fsp3) is 0.133. The first-order valence-corrected chi connectivity index (χ1v) is 6.69. The van der Waals surface area contributed by atoms with Gasteiger partial charge in [-0.25, -0.2) is 4.79 Å². The van der Waals surface area contributed by atoms with Gasteiger partial charge in [0.15, 0.2) is 0 Å². The molecule has 0 radical (unpaired) electrons. The number of carbonyl (C=O) groups is 1. The van der Waals surface area contributed by atoms with Crippen LogP contribution in [0, 0.1) is 6.92 Å². The van der Waals surface area contributed by atoms with Crippen LogP contribution in [0.5, 0.6) is 0 Å². The molecule has 0 amide bonds. The second-order valence-corrected chi connectivity index (χ2v) is 4.91. The quantitative estimate of drug-likeness (QED) is 0.677. The molecule has 0 bridgehead atoms. The SMILES string of the molecule is COC(=O)c1ccccc1SNc1ccc(C)cc1. The molecule has 0 fully saturated rings. The highest BCUT2D eigenvalue weighted by molar-refractivity contribution is 8.00. The Labute approximate surface area is 117 Å². The number of nitrogens with one attached hydrogen (secondary N) is 1. The van der Waals surface area contributed by atoms with Crippen LogP contribution in [0.1, 0.15) is 15.9 Å². The number of rotatable bonds is 4. The van der Waals surface area contributed by atoms with Crippen molar-refractivity contribution in [2.24, 2.45) is 0 Å². The second kappa shape index (κ2) is 6.29. The summed E-state index contributed by atoms with van der Waals surface area (Å²) >= 11 is 1.40. The first-order valence-electron chi connectivity index (χ1n) is 5.87. The highest BCUT2D eigenvalue weighted by atomic mass is 32.2. The molecular weight excluding hydrogens is 258 g/mol. The van der Waals surface area contributed by atoms with E-state index in [4.69, 9.17) is 4.74 Å². The van der Waals surface area contributed by atoms with Gasteiger partial charge in [-0.2, -0.15) is 0 Å². The van der Waals surface area contributed by atoms with Crippen molar-refractivity contribution in [3.05, 3.63) is 59.7 Å². The predicted octanol–water partition coefficient (Wildman–Crippen LogP) is 3.90. The Kier molecular flexibility index (Phi) is 4.47. The third kappa shape index (κ3) is 3.51. The summed E-state index contributed by atoms with van der Waals surface area (Å²) in [5.41, 5.74) is 2.77. The molecule has 0 aliphatic rings. The van der Waals surface area contributed by atoms with Crippen LogP contribution in [0.3, 0.4) is 0 Å². The largest absolute Gasteiger partial charge is 0.465 e. The van der Waals surface area contributed by atoms with E-state index in [-0.39, 0.29) is 5.97 Å². The van der Waals surface area contributed by atoms with E-state index in [0.29, 0.717) is 5.56 Å². The summed E-state index contributed by atoms with van der Waals surface area (Å²) in [6.45, 7) is 2.05. The number of hydrogen-bond acceptors (Lipinski definition) is 4. The summed E-state index contributed by atoms with van der Waals surface area (Å²) in [4.78, 5) is 12.5. The fourth-order valence-electron chi connectivity index (χ4n) is 1.57. The van der Waals surface area contributed by atoms with Crippen LogP contribution in [0.25, 0.3) is 0 Å². The molecule has 1 N–H and O–H groups in total. The normalized spacial score (nSPS) is 10.0. The van der Waals surface area contributed by atoms with E-state index >= 15 is 0 Å². The third-order valence-corrected chi connectivity index (χ3v) is 3.54. The zero-order valence-corrected chi connectivity index (χ0v) is 11.7. The average Bonchev–Trinajstić information content (AvgIpc) is 2.46. The maximum atomic E-state index is 11.6. The number of aryl methyl sites for hydroxylation is 1. The molecular formula is C15H15NO2S. The zero-order chi connectivity index (χ0) is 13.7. The van der Waals surface area contributed by atoms with E-state index in [0.717, 1.165) is 10.6 Å². The van der Waals surface area contributed by atoms with Gasteiger partial charge in [0.25, 0.3) is 0 Å². The number of benzene rings is 2. The lowest BCUT2D eigenvalue weighted by molar-refractivity contribution is 0.0597. The highest BCUT2D eigenvalue weighted by Crippen LogP contribution is 2.25. The fourth-order valence-corrected chi connectivity index (χ4v) is 2.34. The number of hydrogen-bond donors (Lipinski definition) is 1. The lowest BCUT2D eigenvalue weighted by atomic mass is 10.2. The van der Waals surface area contributed by atoms with Crippen LogP contribution in [-0.4, -0.2) is 13.1 Å². The number of methoxy groups -OCH3 is 1. The Balaban J connectivity index is 2.11. The van der Waals surface area contributed by atoms with Gasteiger partial charge in [-0.05, 0) is 43.1 Å². The molecule has 0 aliphatic heterocycles. The number of anilines is 1. The molecule has 0 aliphatic carbocycles. The van der Waals surface area contributed by atoms with Gasteiger partial charge in [0.2, 0.25) is 0 Å². The molecule has 2 aromatic carbocycles. The van der Waals surface area contributed by atoms with Crippen molar-refractivity contribution in [1.29, 1.82) is 0 Å². The van der Waals surface area contributed by atoms with Crippen molar-refractivity contribution >= 4 is 23.6 Å². The minimum atomic E-state index is -0.325. The van der Waals surface area contributed by atoms with Gasteiger partial charge in [-0.3, -0.25) is 0 Å². The van der Waals surface area contributed by atoms with Crippen LogP contribution in [0.2, 0.25) is 0 Å². The van der Waals surface area contributed by atoms with E-state index in [1.165, 1.54) is 24.6 Å². The molecule has 0 heterocycles. The van der Waals surface area contributed by atoms with Crippen LogP contribution < -0.4 is 4.72 Å². The van der Waals surface area contributed by atoms with Crippen molar-refractivity contribution in [3.8, 4) is 0 Å². The molecule has 0 spiro atoms. The Morgan fingerprint density at radius 3 is 2.47 bits per heavy atom. The molecule has 0 saturated heterocycles. The van der Waals surface area contributed by atoms with Gasteiger partial charge in [-0.1, -0.05) is 29.8 Å². The predicted molar refractivity (Wildman–Crippen MR) is 78.4 cm³/mol. The molecule has 0 unspecified atom stereocenters. The van der Waals surface area contributed by atoms with Gasteiger partial charge in [0, 0.05) is 10.6 Å². The topological polar surface area (TPSA) is 38.3 Å². The summed E-state index contributed by atoms with van der Waals surface area (Å²) in [6, 6.07) is 15.4. The lowest BCUT2D eigenvalue weighted by Crippen LogP contribution is -2.03. The molecule has 2 rings (SSSR count). The van der Waals surface area contributed by atoms with Crippen molar-refractivity contribution < 1.29 is 9.53 Å². The van der Waals surface area contributed by atoms with Crippen molar-refractivity contribution in [2.45, 2.75) is 11.8 Å². The van der Waals surface area contributed by atoms with Crippen molar-refractivity contribution in [1.82, 2.24) is 0 Å². The van der Waals surface area contributed by atoms with Crippen molar-refractivity contribution in [2.75, 3.05) is 11.8 Å². The van der Waals surface area contributed by atoms with Crippen LogP contribution in [0.4, 0.5) is 5.69 Å². The lowest BCUT2D eigenvalue weighted by Gasteiger charge is -2.09. The van der Waals surface area contributed by atoms with Crippen LogP contribution in [-0.2, 0) is 4.74 Å². The minimum absolute atomic E-state index is 0.325. The number of carbonyl (C=O) groups excluding carboxylic acids is 1. The van der Waals surface area contributed by atoms with Gasteiger partial charge in [-0.15, -0.1) is 0 Å². The second-order valence-electron chi connectivity index (χ2n) is 4.06. The van der Waals surface area contributed by atoms with E-state index < -0.39 is 0 Å². The van der Waals surface area contributed by atoms with E-state index in [2.05, 4.69) is 4.72 Å². The van der Waals surface area contributed by atoms with Crippen molar-refractivity contribution in [3.63, 3.8) is 0 Å². The standard InChI is InChI=1S/C15H15NO2S/c1-11-7-9-12(10-8-11)16-19-14-6-4-3-5-13(14)15(17)18-2/h3-10,16H,1-2H3. The Morgan fingerprint density at radius 2 is 1.79 bits per heavy atom.